The molecule has 1 N–H and O–H groups in total. The summed E-state index contributed by atoms with van der Waals surface area (Å²) < 4.78 is 0. The first-order valence-electron chi connectivity index (χ1n) is 6.54. The third-order valence-electron chi connectivity index (χ3n) is 3.10. The summed E-state index contributed by atoms with van der Waals surface area (Å²) in [7, 11) is 0. The number of aliphatic hydroxyl groups excluding tert-OH is 1. The number of aliphatic hydroxyl groups is 1. The molecule has 0 saturated heterocycles. The van der Waals surface area contributed by atoms with Crippen LogP contribution in [0.25, 0.3) is 0 Å². The average Bonchev–Trinajstić information content (AvgIpc) is 2.47. The molecule has 2 rings (SSSR count). The van der Waals surface area contributed by atoms with Crippen molar-refractivity contribution in [3.05, 3.63) is 75.3 Å². The fourth-order valence-electron chi connectivity index (χ4n) is 2.12. The Morgan fingerprint density at radius 2 is 1.86 bits per heavy atom. The molecule has 0 aromatic heterocycles. The monoisotopic (exact) mass is 285 g/mol. The molecule has 5 nitrogen and oxygen atoms in total. The number of ketones is 1. The van der Waals surface area contributed by atoms with Gasteiger partial charge in [0.1, 0.15) is 0 Å². The third-order valence-corrected chi connectivity index (χ3v) is 3.10. The van der Waals surface area contributed by atoms with Crippen LogP contribution >= 0.6 is 0 Å². The van der Waals surface area contributed by atoms with E-state index in [1.165, 1.54) is 12.1 Å². The van der Waals surface area contributed by atoms with E-state index in [4.69, 9.17) is 0 Å². The van der Waals surface area contributed by atoms with Gasteiger partial charge in [-0.15, -0.1) is 0 Å². The lowest BCUT2D eigenvalue weighted by atomic mass is 9.99. The van der Waals surface area contributed by atoms with E-state index < -0.39 is 11.0 Å². The molecule has 108 valence electrons. The first-order valence-corrected chi connectivity index (χ1v) is 6.54. The molecule has 0 fully saturated rings. The van der Waals surface area contributed by atoms with Crippen LogP contribution in [0.3, 0.4) is 0 Å². The Bertz CT molecular complexity index is 665. The molecular formula is C16H15NO4. The van der Waals surface area contributed by atoms with Crippen molar-refractivity contribution in [2.45, 2.75) is 19.4 Å². The summed E-state index contributed by atoms with van der Waals surface area (Å²) in [4.78, 5) is 22.9. The Hall–Kier alpha value is -2.53. The lowest BCUT2D eigenvalue weighted by Gasteiger charge is -2.07. The van der Waals surface area contributed by atoms with E-state index in [0.29, 0.717) is 11.1 Å². The second-order valence-corrected chi connectivity index (χ2v) is 4.85. The van der Waals surface area contributed by atoms with Gasteiger partial charge in [0.25, 0.3) is 5.69 Å². The predicted octanol–water partition coefficient (Wildman–Crippen LogP) is 2.75. The summed E-state index contributed by atoms with van der Waals surface area (Å²) >= 11 is 0. The standard InChI is InChI=1S/C16H15NO4/c1-11(18)9-13-7-8-14(10-15(13)17(20)21)16(19)12-5-3-2-4-6-12/h2-8,10-11,18H,9H2,1H3. The molecule has 0 bridgehead atoms. The summed E-state index contributed by atoms with van der Waals surface area (Å²) in [6, 6.07) is 13.0. The largest absolute Gasteiger partial charge is 0.393 e. The Kier molecular flexibility index (Phi) is 4.45. The molecule has 2 aromatic carbocycles. The number of carbonyl (C=O) groups is 1. The topological polar surface area (TPSA) is 80.4 Å². The molecular weight excluding hydrogens is 270 g/mol. The molecule has 0 spiro atoms. The highest BCUT2D eigenvalue weighted by atomic mass is 16.6. The van der Waals surface area contributed by atoms with Gasteiger partial charge in [-0.3, -0.25) is 14.9 Å². The van der Waals surface area contributed by atoms with E-state index in [0.717, 1.165) is 0 Å². The zero-order valence-corrected chi connectivity index (χ0v) is 11.5. The number of nitro groups is 1. The number of hydrogen-bond donors (Lipinski definition) is 1. The molecule has 0 saturated carbocycles. The SMILES string of the molecule is CC(O)Cc1ccc(C(=O)c2ccccc2)cc1[N+](=O)[O-]. The van der Waals surface area contributed by atoms with Crippen molar-refractivity contribution in [3.63, 3.8) is 0 Å². The lowest BCUT2D eigenvalue weighted by Crippen LogP contribution is -2.08. The van der Waals surface area contributed by atoms with E-state index in [9.17, 15) is 20.0 Å². The highest BCUT2D eigenvalue weighted by molar-refractivity contribution is 6.09. The molecule has 5 heteroatoms. The lowest BCUT2D eigenvalue weighted by molar-refractivity contribution is -0.385. The molecule has 2 aromatic rings. The quantitative estimate of drug-likeness (QED) is 0.520. The Balaban J connectivity index is 2.40. The van der Waals surface area contributed by atoms with Gasteiger partial charge in [-0.2, -0.15) is 0 Å². The van der Waals surface area contributed by atoms with E-state index >= 15 is 0 Å². The molecule has 21 heavy (non-hydrogen) atoms. The summed E-state index contributed by atoms with van der Waals surface area (Å²) in [6.45, 7) is 1.56. The van der Waals surface area contributed by atoms with Crippen LogP contribution in [-0.4, -0.2) is 21.9 Å². The minimum Gasteiger partial charge on any atom is -0.393 e. The van der Waals surface area contributed by atoms with Crippen LogP contribution in [0.15, 0.2) is 48.5 Å². The normalized spacial score (nSPS) is 11.9. The molecule has 0 radical (unpaired) electrons. The van der Waals surface area contributed by atoms with E-state index in [1.807, 2.05) is 0 Å². The summed E-state index contributed by atoms with van der Waals surface area (Å²) in [5, 5.41) is 20.5. The minimum absolute atomic E-state index is 0.141. The maximum absolute atomic E-state index is 12.3. The third kappa shape index (κ3) is 3.52. The van der Waals surface area contributed by atoms with Crippen LogP contribution < -0.4 is 0 Å². The molecule has 0 aliphatic heterocycles. The maximum atomic E-state index is 12.3. The number of nitrogens with zero attached hydrogens (tertiary/aromatic N) is 1. The summed E-state index contributed by atoms with van der Waals surface area (Å²) in [5.41, 5.74) is 1.02. The minimum atomic E-state index is -0.681. The maximum Gasteiger partial charge on any atom is 0.273 e. The van der Waals surface area contributed by atoms with Gasteiger partial charge in [0.15, 0.2) is 5.78 Å². The van der Waals surface area contributed by atoms with E-state index in [2.05, 4.69) is 0 Å². The van der Waals surface area contributed by atoms with E-state index in [-0.39, 0.29) is 23.5 Å². The molecule has 1 unspecified atom stereocenters. The number of nitro benzene ring substituents is 1. The van der Waals surface area contributed by atoms with Crippen LogP contribution in [0.1, 0.15) is 28.4 Å². The van der Waals surface area contributed by atoms with Crippen LogP contribution in [0.4, 0.5) is 5.69 Å². The Labute approximate surface area is 122 Å². The van der Waals surface area contributed by atoms with Gasteiger partial charge in [0.2, 0.25) is 0 Å². The molecule has 1 atom stereocenters. The van der Waals surface area contributed by atoms with Crippen molar-refractivity contribution < 1.29 is 14.8 Å². The van der Waals surface area contributed by atoms with Crippen LogP contribution in [-0.2, 0) is 6.42 Å². The first-order chi connectivity index (χ1) is 9.99. The Morgan fingerprint density at radius 1 is 1.19 bits per heavy atom. The van der Waals surface area contributed by atoms with Crippen molar-refractivity contribution in [2.24, 2.45) is 0 Å². The molecule has 0 amide bonds. The van der Waals surface area contributed by atoms with Crippen LogP contribution in [0, 0.1) is 10.1 Å². The number of hydrogen-bond acceptors (Lipinski definition) is 4. The molecule has 0 aliphatic carbocycles. The Morgan fingerprint density at radius 3 is 2.43 bits per heavy atom. The van der Waals surface area contributed by atoms with Gasteiger partial charge in [0.05, 0.1) is 11.0 Å². The van der Waals surface area contributed by atoms with Gasteiger partial charge in [-0.1, -0.05) is 42.5 Å². The second kappa shape index (κ2) is 6.28. The zero-order chi connectivity index (χ0) is 15.4. The van der Waals surface area contributed by atoms with E-state index in [1.54, 1.807) is 43.3 Å². The van der Waals surface area contributed by atoms with Crippen molar-refractivity contribution in [1.82, 2.24) is 0 Å². The molecule has 0 aliphatic rings. The van der Waals surface area contributed by atoms with Gasteiger partial charge in [-0.05, 0) is 6.92 Å². The summed E-state index contributed by atoms with van der Waals surface area (Å²) in [5.74, 6) is -0.262. The van der Waals surface area contributed by atoms with Gasteiger partial charge in [-0.25, -0.2) is 0 Å². The highest BCUT2D eigenvalue weighted by Crippen LogP contribution is 2.23. The van der Waals surface area contributed by atoms with Crippen LogP contribution in [0.5, 0.6) is 0 Å². The van der Waals surface area contributed by atoms with Crippen molar-refractivity contribution in [3.8, 4) is 0 Å². The highest BCUT2D eigenvalue weighted by Gasteiger charge is 2.19. The fourth-order valence-corrected chi connectivity index (χ4v) is 2.12. The molecule has 0 heterocycles. The number of rotatable bonds is 5. The predicted molar refractivity (Wildman–Crippen MR) is 78.4 cm³/mol. The summed E-state index contributed by atoms with van der Waals surface area (Å²) in [6.07, 6.45) is -0.504. The van der Waals surface area contributed by atoms with Gasteiger partial charge in [0, 0.05) is 29.2 Å². The smallest absolute Gasteiger partial charge is 0.273 e. The van der Waals surface area contributed by atoms with Crippen molar-refractivity contribution >= 4 is 11.5 Å². The fraction of sp³-hybridized carbons (Fsp3) is 0.188. The van der Waals surface area contributed by atoms with Gasteiger partial charge < -0.3 is 5.11 Å². The van der Waals surface area contributed by atoms with Gasteiger partial charge >= 0.3 is 0 Å². The second-order valence-electron chi connectivity index (χ2n) is 4.85. The van der Waals surface area contributed by atoms with Crippen LogP contribution in [0.2, 0.25) is 0 Å². The van der Waals surface area contributed by atoms with Crippen molar-refractivity contribution in [2.75, 3.05) is 0 Å². The first kappa shape index (κ1) is 14.9. The zero-order valence-electron chi connectivity index (χ0n) is 11.5. The number of carbonyl (C=O) groups excluding carboxylic acids is 1. The number of benzene rings is 2. The average molecular weight is 285 g/mol. The van der Waals surface area contributed by atoms with Crippen molar-refractivity contribution in [1.29, 1.82) is 0 Å².